The van der Waals surface area contributed by atoms with Crippen molar-refractivity contribution in [1.29, 1.82) is 0 Å². The number of allylic oxidation sites excluding steroid dienone is 2. The molecule has 6 nitrogen and oxygen atoms in total. The summed E-state index contributed by atoms with van der Waals surface area (Å²) in [6.45, 7) is 7.79. The van der Waals surface area contributed by atoms with Crippen LogP contribution in [-0.4, -0.2) is 48.5 Å². The van der Waals surface area contributed by atoms with Crippen molar-refractivity contribution < 1.29 is 4.79 Å². The van der Waals surface area contributed by atoms with E-state index in [0.29, 0.717) is 22.6 Å². The van der Waals surface area contributed by atoms with E-state index in [1.165, 1.54) is 44.5 Å². The number of pyridine rings is 1. The van der Waals surface area contributed by atoms with Gasteiger partial charge in [-0.2, -0.15) is 0 Å². The van der Waals surface area contributed by atoms with E-state index in [4.69, 9.17) is 0 Å². The van der Waals surface area contributed by atoms with Crippen molar-refractivity contribution >= 4 is 11.6 Å². The number of carbonyl (C=O) groups excluding carboxylic acids is 1. The number of nitrogens with one attached hydrogen (secondary N) is 2. The summed E-state index contributed by atoms with van der Waals surface area (Å²) in [7, 11) is 2.22. The predicted molar refractivity (Wildman–Crippen MR) is 146 cm³/mol. The molecule has 3 aliphatic rings. The average Bonchev–Trinajstić information content (AvgIpc) is 2.83. The fourth-order valence-corrected chi connectivity index (χ4v) is 6.86. The number of fused-ring (bicyclic) bond motifs is 2. The highest BCUT2D eigenvalue weighted by molar-refractivity contribution is 5.97. The minimum atomic E-state index is -0.108. The van der Waals surface area contributed by atoms with E-state index in [9.17, 15) is 9.59 Å². The second-order valence-corrected chi connectivity index (χ2v) is 11.2. The summed E-state index contributed by atoms with van der Waals surface area (Å²) >= 11 is 0. The van der Waals surface area contributed by atoms with E-state index in [0.717, 1.165) is 42.6 Å². The number of likely N-dealkylation sites (tertiary alicyclic amines) is 1. The van der Waals surface area contributed by atoms with E-state index in [1.54, 1.807) is 0 Å². The highest BCUT2D eigenvalue weighted by atomic mass is 16.1. The first-order chi connectivity index (χ1) is 17.4. The third-order valence-corrected chi connectivity index (χ3v) is 8.57. The second-order valence-electron chi connectivity index (χ2n) is 11.2. The molecule has 6 heteroatoms. The van der Waals surface area contributed by atoms with Crippen LogP contribution in [0.5, 0.6) is 0 Å². The van der Waals surface area contributed by atoms with Crippen molar-refractivity contribution in [3.63, 3.8) is 0 Å². The van der Waals surface area contributed by atoms with Gasteiger partial charge in [0.1, 0.15) is 0 Å². The van der Waals surface area contributed by atoms with Crippen molar-refractivity contribution in [2.24, 2.45) is 5.41 Å². The van der Waals surface area contributed by atoms with Gasteiger partial charge in [-0.1, -0.05) is 18.2 Å². The van der Waals surface area contributed by atoms with Gasteiger partial charge in [0.2, 0.25) is 0 Å². The molecule has 2 aromatic rings. The quantitative estimate of drug-likeness (QED) is 0.630. The van der Waals surface area contributed by atoms with Crippen LogP contribution in [0.15, 0.2) is 41.2 Å². The molecule has 1 saturated heterocycles. The second kappa shape index (κ2) is 10.3. The molecule has 1 spiro atoms. The van der Waals surface area contributed by atoms with E-state index in [2.05, 4.69) is 52.3 Å². The maximum absolute atomic E-state index is 13.4. The summed E-state index contributed by atoms with van der Waals surface area (Å²) in [6, 6.07) is 8.69. The normalized spacial score (nSPS) is 21.4. The monoisotopic (exact) mass is 488 g/mol. The number of anilines is 1. The molecule has 0 unspecified atom stereocenters. The summed E-state index contributed by atoms with van der Waals surface area (Å²) in [5.74, 6) is -0.108. The third kappa shape index (κ3) is 4.88. The van der Waals surface area contributed by atoms with Crippen molar-refractivity contribution in [2.75, 3.05) is 31.6 Å². The SMILES string of the molecule is CCN(c1cccc2c1C/C=C\CCc1cc(C)[nH]c(=O)c1CNC2=O)C1CCC2(CC1)CN(C)C2. The summed E-state index contributed by atoms with van der Waals surface area (Å²) in [4.78, 5) is 34.0. The minimum absolute atomic E-state index is 0.106. The lowest BCUT2D eigenvalue weighted by Gasteiger charge is -2.53. The molecule has 1 aliphatic carbocycles. The van der Waals surface area contributed by atoms with Crippen molar-refractivity contribution in [3.05, 3.63) is 74.7 Å². The molecule has 0 atom stereocenters. The Hall–Kier alpha value is -2.86. The zero-order valence-electron chi connectivity index (χ0n) is 22.0. The number of carbonyl (C=O) groups is 1. The Kier molecular flexibility index (Phi) is 7.07. The molecular weight excluding hydrogens is 448 g/mol. The maximum Gasteiger partial charge on any atom is 0.253 e. The number of aromatic amines is 1. The molecule has 5 rings (SSSR count). The summed E-state index contributed by atoms with van der Waals surface area (Å²) in [6.07, 6.45) is 11.8. The summed E-state index contributed by atoms with van der Waals surface area (Å²) < 4.78 is 0. The Morgan fingerprint density at radius 2 is 1.89 bits per heavy atom. The van der Waals surface area contributed by atoms with Crippen LogP contribution >= 0.6 is 0 Å². The van der Waals surface area contributed by atoms with Gasteiger partial charge in [-0.15, -0.1) is 0 Å². The van der Waals surface area contributed by atoms with E-state index >= 15 is 0 Å². The molecule has 2 fully saturated rings. The van der Waals surface area contributed by atoms with Crippen LogP contribution in [0.2, 0.25) is 0 Å². The summed E-state index contributed by atoms with van der Waals surface area (Å²) in [5.41, 5.74) is 5.96. The first-order valence-corrected chi connectivity index (χ1v) is 13.6. The number of benzene rings is 1. The fourth-order valence-electron chi connectivity index (χ4n) is 6.86. The molecule has 0 radical (unpaired) electrons. The molecule has 3 heterocycles. The molecule has 0 bridgehead atoms. The number of rotatable bonds is 3. The lowest BCUT2D eigenvalue weighted by Crippen LogP contribution is -2.57. The molecule has 2 aliphatic heterocycles. The Morgan fingerprint density at radius 3 is 2.61 bits per heavy atom. The highest BCUT2D eigenvalue weighted by Crippen LogP contribution is 2.45. The van der Waals surface area contributed by atoms with Gasteiger partial charge in [-0.05, 0) is 101 Å². The molecule has 36 heavy (non-hydrogen) atoms. The molecule has 1 aromatic heterocycles. The number of hydrogen-bond acceptors (Lipinski definition) is 4. The van der Waals surface area contributed by atoms with Gasteiger partial charge in [-0.25, -0.2) is 0 Å². The maximum atomic E-state index is 13.4. The minimum Gasteiger partial charge on any atom is -0.369 e. The Balaban J connectivity index is 1.42. The van der Waals surface area contributed by atoms with E-state index < -0.39 is 0 Å². The van der Waals surface area contributed by atoms with Gasteiger partial charge in [0.15, 0.2) is 0 Å². The zero-order chi connectivity index (χ0) is 25.3. The summed E-state index contributed by atoms with van der Waals surface area (Å²) in [5, 5.41) is 3.06. The van der Waals surface area contributed by atoms with Crippen LogP contribution in [0.4, 0.5) is 5.69 Å². The Labute approximate surface area is 214 Å². The number of aromatic nitrogens is 1. The van der Waals surface area contributed by atoms with Crippen LogP contribution in [0, 0.1) is 12.3 Å². The Bertz CT molecular complexity index is 1200. The zero-order valence-corrected chi connectivity index (χ0v) is 22.0. The molecule has 1 saturated carbocycles. The van der Waals surface area contributed by atoms with Gasteiger partial charge in [-0.3, -0.25) is 9.59 Å². The highest BCUT2D eigenvalue weighted by Gasteiger charge is 2.44. The van der Waals surface area contributed by atoms with Crippen molar-refractivity contribution in [1.82, 2.24) is 15.2 Å². The molecular formula is C30H40N4O2. The molecule has 2 N–H and O–H groups in total. The van der Waals surface area contributed by atoms with Gasteiger partial charge < -0.3 is 20.1 Å². The van der Waals surface area contributed by atoms with Crippen molar-refractivity contribution in [2.45, 2.75) is 71.4 Å². The topological polar surface area (TPSA) is 68.4 Å². The number of aryl methyl sites for hydroxylation is 2. The standard InChI is InChI=1S/C30H40N4O2/c1-4-34(23-13-15-30(16-14-23)19-33(3)20-30)27-12-8-11-25-24(27)10-7-5-6-9-22-17-21(2)32-29(36)26(22)18-31-28(25)35/h5,7-8,11-12,17,23H,4,6,9-10,13-16,18-20H2,1-3H3,(H,31,35)(H,32,36)/b7-5-. The molecule has 1 aromatic carbocycles. The smallest absolute Gasteiger partial charge is 0.253 e. The van der Waals surface area contributed by atoms with Gasteiger partial charge in [0.05, 0.1) is 0 Å². The van der Waals surface area contributed by atoms with Gasteiger partial charge in [0, 0.05) is 54.7 Å². The fraction of sp³-hybridized carbons (Fsp3) is 0.533. The van der Waals surface area contributed by atoms with Crippen LogP contribution in [0.25, 0.3) is 0 Å². The first kappa shape index (κ1) is 24.8. The lowest BCUT2D eigenvalue weighted by molar-refractivity contribution is -0.0137. The number of amides is 1. The van der Waals surface area contributed by atoms with Gasteiger partial charge >= 0.3 is 0 Å². The molecule has 1 amide bonds. The third-order valence-electron chi connectivity index (χ3n) is 8.57. The van der Waals surface area contributed by atoms with E-state index in [1.807, 2.05) is 25.1 Å². The van der Waals surface area contributed by atoms with Gasteiger partial charge in [0.25, 0.3) is 11.5 Å². The molecule has 192 valence electrons. The number of nitrogens with zero attached hydrogens (tertiary/aromatic N) is 2. The van der Waals surface area contributed by atoms with Crippen LogP contribution in [-0.2, 0) is 19.4 Å². The van der Waals surface area contributed by atoms with Crippen molar-refractivity contribution in [3.8, 4) is 0 Å². The predicted octanol–water partition coefficient (Wildman–Crippen LogP) is 4.36. The van der Waals surface area contributed by atoms with E-state index in [-0.39, 0.29) is 18.0 Å². The Morgan fingerprint density at radius 1 is 1.11 bits per heavy atom. The lowest BCUT2D eigenvalue weighted by atomic mass is 9.67. The largest absolute Gasteiger partial charge is 0.369 e. The average molecular weight is 489 g/mol. The van der Waals surface area contributed by atoms with Crippen LogP contribution < -0.4 is 15.8 Å². The number of H-pyrrole nitrogens is 1. The number of hydrogen-bond donors (Lipinski definition) is 2. The van der Waals surface area contributed by atoms with Crippen LogP contribution in [0.3, 0.4) is 0 Å². The van der Waals surface area contributed by atoms with Crippen LogP contribution in [0.1, 0.15) is 71.8 Å². The first-order valence-electron chi connectivity index (χ1n) is 13.6.